The van der Waals surface area contributed by atoms with Gasteiger partial charge >= 0.3 is 0 Å². The topological polar surface area (TPSA) is 73.3 Å². The van der Waals surface area contributed by atoms with E-state index in [1.807, 2.05) is 6.92 Å². The van der Waals surface area contributed by atoms with Gasteiger partial charge in [0.2, 0.25) is 5.91 Å². The van der Waals surface area contributed by atoms with Crippen molar-refractivity contribution in [2.45, 2.75) is 45.1 Å². The van der Waals surface area contributed by atoms with E-state index in [1.165, 1.54) is 18.5 Å². The molecular weight excluding hydrogens is 432 g/mol. The van der Waals surface area contributed by atoms with Crippen molar-refractivity contribution < 1.29 is 18.7 Å². The number of rotatable bonds is 7. The number of ether oxygens (including phenoxy) is 2. The van der Waals surface area contributed by atoms with Crippen molar-refractivity contribution >= 4 is 29.1 Å². The zero-order valence-corrected chi connectivity index (χ0v) is 18.4. The third-order valence-electron chi connectivity index (χ3n) is 5.17. The molecule has 0 aliphatic carbocycles. The number of benzene rings is 1. The lowest BCUT2D eigenvalue weighted by molar-refractivity contribution is -0.122. The second kappa shape index (κ2) is 10.4. The van der Waals surface area contributed by atoms with Gasteiger partial charge in [-0.05, 0) is 38.7 Å². The van der Waals surface area contributed by atoms with Crippen LogP contribution in [0.25, 0.3) is 0 Å². The lowest BCUT2D eigenvalue weighted by Gasteiger charge is -2.27. The van der Waals surface area contributed by atoms with Crippen LogP contribution in [0.3, 0.4) is 0 Å². The van der Waals surface area contributed by atoms with Crippen LogP contribution in [0.5, 0.6) is 5.75 Å². The molecule has 9 heteroatoms. The van der Waals surface area contributed by atoms with Crippen LogP contribution in [0.2, 0.25) is 10.2 Å². The Kier molecular flexibility index (Phi) is 7.86. The fourth-order valence-electron chi connectivity index (χ4n) is 3.56. The van der Waals surface area contributed by atoms with E-state index >= 15 is 4.39 Å². The van der Waals surface area contributed by atoms with Gasteiger partial charge in [-0.1, -0.05) is 23.2 Å². The molecule has 0 spiro atoms. The maximum Gasteiger partial charge on any atom is 0.227 e. The van der Waals surface area contributed by atoms with Crippen LogP contribution >= 0.6 is 23.2 Å². The fourth-order valence-corrected chi connectivity index (χ4v) is 3.95. The smallest absolute Gasteiger partial charge is 0.227 e. The third kappa shape index (κ3) is 5.02. The number of nitrogens with zero attached hydrogens (tertiary/aromatic N) is 2. The normalized spacial score (nSPS) is 15.6. The highest BCUT2D eigenvalue weighted by Gasteiger charge is 2.30. The molecule has 1 aromatic carbocycles. The zero-order valence-electron chi connectivity index (χ0n) is 16.9. The van der Waals surface area contributed by atoms with Gasteiger partial charge < -0.3 is 14.8 Å². The van der Waals surface area contributed by atoms with E-state index in [0.29, 0.717) is 55.2 Å². The Balaban J connectivity index is 1.90. The first kappa shape index (κ1) is 22.7. The second-order valence-electron chi connectivity index (χ2n) is 7.06. The molecule has 0 bridgehead atoms. The van der Waals surface area contributed by atoms with Gasteiger partial charge in [0.05, 0.1) is 29.8 Å². The lowest BCUT2D eigenvalue weighted by Crippen LogP contribution is -2.29. The standard InChI is InChI=1S/C21H24Cl2FN3O3/c1-3-30-19-14(10-15(22)18(24)17(19)13-4-8-29-9-5-13)12(2)21(28)27-11-16-20(23)26-7-6-25-16/h6-7,10,12-13H,3-5,8-9,11H2,1-2H3,(H,27,28). The van der Waals surface area contributed by atoms with E-state index in [1.54, 1.807) is 6.92 Å². The molecule has 1 amide bonds. The summed E-state index contributed by atoms with van der Waals surface area (Å²) in [5.41, 5.74) is 1.44. The maximum atomic E-state index is 15.0. The largest absolute Gasteiger partial charge is 0.493 e. The van der Waals surface area contributed by atoms with Crippen LogP contribution in [0.1, 0.15) is 55.3 Å². The van der Waals surface area contributed by atoms with Crippen LogP contribution in [-0.2, 0) is 16.1 Å². The maximum absolute atomic E-state index is 15.0. The van der Waals surface area contributed by atoms with Gasteiger partial charge in [0.1, 0.15) is 11.6 Å². The highest BCUT2D eigenvalue weighted by Crippen LogP contribution is 2.43. The van der Waals surface area contributed by atoms with Gasteiger partial charge in [-0.3, -0.25) is 9.78 Å². The average molecular weight is 456 g/mol. The number of halogens is 3. The zero-order chi connectivity index (χ0) is 21.7. The molecule has 1 aliphatic rings. The first-order chi connectivity index (χ1) is 14.4. The fraction of sp³-hybridized carbons (Fsp3) is 0.476. The minimum Gasteiger partial charge on any atom is -0.493 e. The predicted octanol–water partition coefficient (Wildman–Crippen LogP) is 4.64. The van der Waals surface area contributed by atoms with E-state index in [9.17, 15) is 4.79 Å². The molecule has 30 heavy (non-hydrogen) atoms. The summed E-state index contributed by atoms with van der Waals surface area (Å²) < 4.78 is 26.3. The Bertz CT molecular complexity index is 907. The van der Waals surface area contributed by atoms with Crippen molar-refractivity contribution in [2.75, 3.05) is 19.8 Å². The Hall–Kier alpha value is -1.96. The molecule has 1 N–H and O–H groups in total. The number of carbonyl (C=O) groups is 1. The summed E-state index contributed by atoms with van der Waals surface area (Å²) in [7, 11) is 0. The molecule has 1 saturated heterocycles. The second-order valence-corrected chi connectivity index (χ2v) is 7.82. The van der Waals surface area contributed by atoms with E-state index in [4.69, 9.17) is 32.7 Å². The molecule has 1 unspecified atom stereocenters. The monoisotopic (exact) mass is 455 g/mol. The Morgan fingerprint density at radius 2 is 2.03 bits per heavy atom. The van der Waals surface area contributed by atoms with Gasteiger partial charge in [0, 0.05) is 36.7 Å². The van der Waals surface area contributed by atoms with Crippen LogP contribution in [-0.4, -0.2) is 35.7 Å². The van der Waals surface area contributed by atoms with E-state index < -0.39 is 11.7 Å². The number of carbonyl (C=O) groups excluding carboxylic acids is 1. The quantitative estimate of drug-likeness (QED) is 0.658. The molecule has 2 heterocycles. The summed E-state index contributed by atoms with van der Waals surface area (Å²) in [6.45, 7) is 5.12. The molecule has 0 saturated carbocycles. The van der Waals surface area contributed by atoms with Gasteiger partial charge in [-0.25, -0.2) is 9.37 Å². The summed E-state index contributed by atoms with van der Waals surface area (Å²) in [5, 5.41) is 3.01. The number of nitrogens with one attached hydrogen (secondary N) is 1. The molecule has 2 aromatic rings. The molecule has 1 aromatic heterocycles. The molecule has 0 radical (unpaired) electrons. The van der Waals surface area contributed by atoms with E-state index in [2.05, 4.69) is 15.3 Å². The highest BCUT2D eigenvalue weighted by molar-refractivity contribution is 6.31. The van der Waals surface area contributed by atoms with Crippen molar-refractivity contribution in [1.82, 2.24) is 15.3 Å². The molecule has 3 rings (SSSR count). The summed E-state index contributed by atoms with van der Waals surface area (Å²) in [5.74, 6) is -1.08. The van der Waals surface area contributed by atoms with Crippen molar-refractivity contribution in [2.24, 2.45) is 0 Å². The number of amides is 1. The minimum atomic E-state index is -0.626. The van der Waals surface area contributed by atoms with Gasteiger partial charge in [0.25, 0.3) is 0 Å². The SMILES string of the molecule is CCOc1c(C(C)C(=O)NCc2nccnc2Cl)cc(Cl)c(F)c1C1CCOCC1. The van der Waals surface area contributed by atoms with E-state index in [0.717, 1.165) is 0 Å². The number of hydrogen-bond donors (Lipinski definition) is 1. The first-order valence-electron chi connectivity index (χ1n) is 9.89. The molecule has 1 atom stereocenters. The predicted molar refractivity (Wildman–Crippen MR) is 113 cm³/mol. The molecule has 6 nitrogen and oxygen atoms in total. The molecule has 162 valence electrons. The Morgan fingerprint density at radius 3 is 2.70 bits per heavy atom. The number of aromatic nitrogens is 2. The lowest BCUT2D eigenvalue weighted by atomic mass is 9.86. The summed E-state index contributed by atoms with van der Waals surface area (Å²) in [6, 6.07) is 1.48. The van der Waals surface area contributed by atoms with Crippen LogP contribution in [0.4, 0.5) is 4.39 Å². The van der Waals surface area contributed by atoms with Crippen LogP contribution in [0, 0.1) is 5.82 Å². The van der Waals surface area contributed by atoms with Crippen molar-refractivity contribution in [3.8, 4) is 5.75 Å². The van der Waals surface area contributed by atoms with Gasteiger partial charge in [-0.15, -0.1) is 0 Å². The van der Waals surface area contributed by atoms with Crippen LogP contribution < -0.4 is 10.1 Å². The summed E-state index contributed by atoms with van der Waals surface area (Å²) in [4.78, 5) is 20.9. The van der Waals surface area contributed by atoms with Crippen molar-refractivity contribution in [3.05, 3.63) is 51.3 Å². The molecular formula is C21H24Cl2FN3O3. The number of hydrogen-bond acceptors (Lipinski definition) is 5. The minimum absolute atomic E-state index is 0.0217. The average Bonchev–Trinajstić information content (AvgIpc) is 2.76. The molecule has 1 fully saturated rings. The van der Waals surface area contributed by atoms with Crippen molar-refractivity contribution in [3.63, 3.8) is 0 Å². The van der Waals surface area contributed by atoms with Gasteiger partial charge in [-0.2, -0.15) is 0 Å². The van der Waals surface area contributed by atoms with Crippen LogP contribution in [0.15, 0.2) is 18.5 Å². The summed E-state index contributed by atoms with van der Waals surface area (Å²) in [6.07, 6.45) is 4.32. The third-order valence-corrected chi connectivity index (χ3v) is 5.76. The Morgan fingerprint density at radius 1 is 1.33 bits per heavy atom. The first-order valence-corrected chi connectivity index (χ1v) is 10.6. The molecule has 1 aliphatic heterocycles. The summed E-state index contributed by atoms with van der Waals surface area (Å²) >= 11 is 12.2. The van der Waals surface area contributed by atoms with Gasteiger partial charge in [0.15, 0.2) is 5.15 Å². The van der Waals surface area contributed by atoms with E-state index in [-0.39, 0.29) is 28.5 Å². The van der Waals surface area contributed by atoms with Crippen molar-refractivity contribution in [1.29, 1.82) is 0 Å². The Labute approximate surface area is 185 Å². The highest BCUT2D eigenvalue weighted by atomic mass is 35.5.